The van der Waals surface area contributed by atoms with Crippen molar-refractivity contribution >= 4 is 0 Å². The van der Waals surface area contributed by atoms with E-state index in [9.17, 15) is 9.90 Å². The second-order valence-electron chi connectivity index (χ2n) is 2.14. The summed E-state index contributed by atoms with van der Waals surface area (Å²) < 4.78 is 1.60. The second-order valence-corrected chi connectivity index (χ2v) is 2.14. The smallest absolute Gasteiger partial charge is 0.365 e. The molecule has 0 aromatic carbocycles. The summed E-state index contributed by atoms with van der Waals surface area (Å²) in [6.07, 6.45) is 2.18. The normalized spacial score (nSPS) is 10.1. The Hall–Kier alpha value is -2.60. The highest BCUT2D eigenvalue weighted by molar-refractivity contribution is 4.83. The number of nitrogens with one attached hydrogen (secondary N) is 1. The van der Waals surface area contributed by atoms with Gasteiger partial charge in [-0.3, -0.25) is 5.84 Å². The number of aromatic amines is 1. The van der Waals surface area contributed by atoms with Gasteiger partial charge >= 0.3 is 5.69 Å². The lowest BCUT2D eigenvalue weighted by atomic mass is 11.2. The number of H-pyrrole nitrogens is 1. The van der Waals surface area contributed by atoms with Gasteiger partial charge in [-0.05, 0) is 10.4 Å². The third-order valence-electron chi connectivity index (χ3n) is 1.27. The van der Waals surface area contributed by atoms with Crippen LogP contribution in [0.1, 0.15) is 0 Å². The summed E-state index contributed by atoms with van der Waals surface area (Å²) in [5, 5.41) is 29.5. The van der Waals surface area contributed by atoms with Crippen LogP contribution < -0.4 is 22.5 Å². The Morgan fingerprint density at radius 2 is 2.06 bits per heavy atom. The first-order valence-electron chi connectivity index (χ1n) is 3.79. The van der Waals surface area contributed by atoms with Crippen LogP contribution >= 0.6 is 0 Å². The van der Waals surface area contributed by atoms with Gasteiger partial charge in [-0.25, -0.2) is 9.89 Å². The molecule has 0 saturated heterocycles. The van der Waals surface area contributed by atoms with Crippen LogP contribution in [0.25, 0.3) is 0 Å². The largest absolute Gasteiger partial charge is 0.843 e. The topological polar surface area (TPSA) is 183 Å². The molecule has 2 heterocycles. The molecule has 0 bridgehead atoms. The van der Waals surface area contributed by atoms with Crippen molar-refractivity contribution in [3.05, 3.63) is 23.1 Å². The fourth-order valence-electron chi connectivity index (χ4n) is 0.673. The van der Waals surface area contributed by atoms with Crippen molar-refractivity contribution in [3.63, 3.8) is 0 Å². The van der Waals surface area contributed by atoms with Crippen molar-refractivity contribution in [2.75, 3.05) is 0 Å². The van der Waals surface area contributed by atoms with Gasteiger partial charge < -0.3 is 5.11 Å². The molecule has 0 aliphatic carbocycles. The van der Waals surface area contributed by atoms with Gasteiger partial charge in [-0.15, -0.1) is 14.9 Å². The molecule has 2 aromatic rings. The summed E-state index contributed by atoms with van der Waals surface area (Å²) in [5.74, 6) is 7.00. The maximum Gasteiger partial charge on any atom is 0.365 e. The molecule has 0 amide bonds. The van der Waals surface area contributed by atoms with Crippen LogP contribution in [0.3, 0.4) is 0 Å². The molecule has 12 heteroatoms. The number of nitrogens with zero attached hydrogens (tertiary/aromatic N) is 7. The molecule has 6 N–H and O–H groups in total. The quantitative estimate of drug-likeness (QED) is 0.267. The minimum absolute atomic E-state index is 0.561. The van der Waals surface area contributed by atoms with Gasteiger partial charge in [0.25, 0.3) is 0 Å². The first-order chi connectivity index (χ1) is 7.77. The van der Waals surface area contributed by atoms with Crippen LogP contribution in [-0.4, -0.2) is 29.7 Å². The van der Waals surface area contributed by atoms with Crippen molar-refractivity contribution < 1.29 is 10.9 Å². The van der Waals surface area contributed by atoms with Crippen molar-refractivity contribution in [2.24, 2.45) is 16.3 Å². The van der Waals surface area contributed by atoms with E-state index in [2.05, 4.69) is 42.5 Å². The molecule has 0 unspecified atom stereocenters. The van der Waals surface area contributed by atoms with Gasteiger partial charge in [0.2, 0.25) is 0 Å². The number of hydrogen-bond acceptors (Lipinski definition) is 8. The van der Waals surface area contributed by atoms with Gasteiger partial charge in [0.05, 0.1) is 0 Å². The van der Waals surface area contributed by atoms with Crippen molar-refractivity contribution in [2.45, 2.75) is 0 Å². The Balaban J connectivity index is 0.000000606. The summed E-state index contributed by atoms with van der Waals surface area (Å²) in [6, 6.07) is -0.676. The summed E-state index contributed by atoms with van der Waals surface area (Å²) >= 11 is 0. The standard InChI is InChI=1S/C4H4N8O2.H4N2/c13-3-7-5-1-11(3)9-10-12-2-6-8-4(12)14;1-2/h1-2H,(H,7,13)(H,8,14);1-2H2/b10-9+;. The third-order valence-corrected chi connectivity index (χ3v) is 1.27. The molecule has 0 radical (unpaired) electrons. The summed E-state index contributed by atoms with van der Waals surface area (Å²) in [4.78, 5) is 10.8. The van der Waals surface area contributed by atoms with Gasteiger partial charge in [0.1, 0.15) is 18.7 Å². The average Bonchev–Trinajstić information content (AvgIpc) is 2.88. The number of nitrogens with two attached hydrogens (primary N) is 1. The Morgan fingerprint density at radius 1 is 1.38 bits per heavy atom. The first kappa shape index (κ1) is 11.5. The highest BCUT2D eigenvalue weighted by atomic mass is 16.3. The van der Waals surface area contributed by atoms with E-state index < -0.39 is 11.7 Å². The average molecular weight is 228 g/mol. The van der Waals surface area contributed by atoms with E-state index in [-0.39, 0.29) is 0 Å². The Kier molecular flexibility index (Phi) is 3.82. The lowest BCUT2D eigenvalue weighted by Gasteiger charge is -1.98. The molecule has 0 saturated carbocycles. The molecule has 16 heavy (non-hydrogen) atoms. The van der Waals surface area contributed by atoms with E-state index in [1.807, 2.05) is 0 Å². The molecule has 0 spiro atoms. The van der Waals surface area contributed by atoms with Crippen molar-refractivity contribution in [1.29, 1.82) is 0 Å². The third kappa shape index (κ3) is 2.46. The highest BCUT2D eigenvalue weighted by Crippen LogP contribution is 1.96. The number of aromatic nitrogens is 6. The first-order valence-corrected chi connectivity index (χ1v) is 3.79. The van der Waals surface area contributed by atoms with Crippen LogP contribution in [0.2, 0.25) is 0 Å². The van der Waals surface area contributed by atoms with Gasteiger partial charge in [0, 0.05) is 0 Å². The van der Waals surface area contributed by atoms with E-state index in [4.69, 9.17) is 0 Å². The Labute approximate surface area is 87.1 Å². The number of hydrogen-bond donors (Lipinski definition) is 3. The van der Waals surface area contributed by atoms with E-state index >= 15 is 0 Å². The zero-order valence-corrected chi connectivity index (χ0v) is 7.89. The predicted octanol–water partition coefficient (Wildman–Crippen LogP) is -3.98. The molecular formula is C4H8N10O2. The lowest BCUT2D eigenvalue weighted by molar-refractivity contribution is -0.379. The number of quaternary nitrogens is 1. The van der Waals surface area contributed by atoms with Crippen LogP contribution in [-0.2, 0) is 0 Å². The lowest BCUT2D eigenvalue weighted by Crippen LogP contribution is -2.59. The van der Waals surface area contributed by atoms with E-state index in [1.165, 1.54) is 0 Å². The van der Waals surface area contributed by atoms with Crippen LogP contribution in [0.4, 0.5) is 0 Å². The maximum atomic E-state index is 10.8. The minimum Gasteiger partial charge on any atom is -0.843 e. The van der Waals surface area contributed by atoms with Gasteiger partial charge in [-0.2, -0.15) is 15.6 Å². The molecular weight excluding hydrogens is 220 g/mol. The highest BCUT2D eigenvalue weighted by Gasteiger charge is 1.93. The van der Waals surface area contributed by atoms with Gasteiger partial charge in [-0.1, -0.05) is 0 Å². The van der Waals surface area contributed by atoms with Crippen LogP contribution in [0.15, 0.2) is 27.9 Å². The Morgan fingerprint density at radius 3 is 2.56 bits per heavy atom. The van der Waals surface area contributed by atoms with Crippen molar-refractivity contribution in [1.82, 2.24) is 29.7 Å². The zero-order valence-electron chi connectivity index (χ0n) is 7.89. The monoisotopic (exact) mass is 228 g/mol. The summed E-state index contributed by atoms with van der Waals surface area (Å²) in [6.45, 7) is 0. The molecule has 2 aromatic heterocycles. The molecule has 12 nitrogen and oxygen atoms in total. The molecule has 86 valence electrons. The van der Waals surface area contributed by atoms with E-state index in [1.54, 1.807) is 0 Å². The second kappa shape index (κ2) is 5.32. The fraction of sp³-hybridized carbons (Fsp3) is 0. The zero-order chi connectivity index (χ0) is 12.0. The maximum absolute atomic E-state index is 10.8. The molecule has 0 aliphatic rings. The fourth-order valence-corrected chi connectivity index (χ4v) is 0.673. The van der Waals surface area contributed by atoms with Crippen LogP contribution in [0.5, 0.6) is 6.01 Å². The predicted molar refractivity (Wildman–Crippen MR) is 45.0 cm³/mol. The van der Waals surface area contributed by atoms with Gasteiger partial charge in [0.15, 0.2) is 0 Å². The minimum atomic E-state index is -0.676. The van der Waals surface area contributed by atoms with E-state index in [0.717, 1.165) is 22.0 Å². The molecule has 0 atom stereocenters. The summed E-state index contributed by atoms with van der Waals surface area (Å²) in [7, 11) is 0. The van der Waals surface area contributed by atoms with E-state index in [0.29, 0.717) is 0 Å². The van der Waals surface area contributed by atoms with Crippen LogP contribution in [0, 0.1) is 0 Å². The number of rotatable bonds is 2. The molecule has 0 aliphatic heterocycles. The molecule has 2 rings (SSSR count). The summed E-state index contributed by atoms with van der Waals surface area (Å²) in [5.41, 5.74) is -0.561. The van der Waals surface area contributed by atoms with Crippen molar-refractivity contribution in [3.8, 4) is 6.01 Å². The SMILES string of the molecule is N[NH3+].O=c1[nH]ncn1/N=N/n1cnnc1[O-]. The Bertz CT molecular complexity index is 507. The molecule has 0 fully saturated rings.